The van der Waals surface area contributed by atoms with Crippen molar-refractivity contribution < 1.29 is 9.21 Å². The Balaban J connectivity index is 1.77. The van der Waals surface area contributed by atoms with Gasteiger partial charge >= 0.3 is 0 Å². The van der Waals surface area contributed by atoms with Gasteiger partial charge in [-0.25, -0.2) is 0 Å². The average Bonchev–Trinajstić information content (AvgIpc) is 2.81. The van der Waals surface area contributed by atoms with E-state index < -0.39 is 0 Å². The summed E-state index contributed by atoms with van der Waals surface area (Å²) in [6, 6.07) is 13.5. The van der Waals surface area contributed by atoms with Crippen LogP contribution in [0.25, 0.3) is 11.0 Å². The molecule has 3 rings (SSSR count). The van der Waals surface area contributed by atoms with Crippen LogP contribution in [0.1, 0.15) is 11.1 Å². The van der Waals surface area contributed by atoms with Gasteiger partial charge in [-0.05, 0) is 36.8 Å². The van der Waals surface area contributed by atoms with Gasteiger partial charge in [0, 0.05) is 21.1 Å². The van der Waals surface area contributed by atoms with Crippen LogP contribution in [-0.2, 0) is 11.2 Å². The van der Waals surface area contributed by atoms with Gasteiger partial charge in [-0.3, -0.25) is 4.79 Å². The van der Waals surface area contributed by atoms with Gasteiger partial charge in [0.25, 0.3) is 0 Å². The molecule has 0 aliphatic carbocycles. The van der Waals surface area contributed by atoms with E-state index in [4.69, 9.17) is 4.42 Å². The first kappa shape index (κ1) is 13.9. The number of rotatable bonds is 3. The van der Waals surface area contributed by atoms with Crippen molar-refractivity contribution in [1.29, 1.82) is 0 Å². The second kappa shape index (κ2) is 5.74. The van der Waals surface area contributed by atoms with Gasteiger partial charge in [-0.2, -0.15) is 0 Å². The molecule has 0 atom stereocenters. The van der Waals surface area contributed by atoms with Crippen LogP contribution in [0.15, 0.2) is 57.6 Å². The first-order valence-corrected chi connectivity index (χ1v) is 7.43. The number of benzene rings is 2. The summed E-state index contributed by atoms with van der Waals surface area (Å²) in [4.78, 5) is 12.1. The fourth-order valence-corrected chi connectivity index (χ4v) is 2.67. The predicted octanol–water partition coefficient (Wildman–Crippen LogP) is 4.68. The molecule has 0 aliphatic rings. The maximum absolute atomic E-state index is 12.1. The van der Waals surface area contributed by atoms with Gasteiger partial charge in [-0.1, -0.05) is 34.1 Å². The van der Waals surface area contributed by atoms with Crippen molar-refractivity contribution in [3.8, 4) is 0 Å². The molecule has 106 valence electrons. The number of nitrogens with one attached hydrogen (secondary N) is 1. The molecule has 3 aromatic rings. The van der Waals surface area contributed by atoms with Crippen molar-refractivity contribution in [2.45, 2.75) is 13.3 Å². The second-order valence-corrected chi connectivity index (χ2v) is 5.91. The van der Waals surface area contributed by atoms with Gasteiger partial charge in [0.15, 0.2) is 0 Å². The topological polar surface area (TPSA) is 42.2 Å². The van der Waals surface area contributed by atoms with E-state index in [1.807, 2.05) is 49.4 Å². The van der Waals surface area contributed by atoms with Crippen molar-refractivity contribution in [3.05, 3.63) is 64.3 Å². The molecule has 0 saturated carbocycles. The lowest BCUT2D eigenvalue weighted by molar-refractivity contribution is -0.115. The highest BCUT2D eigenvalue weighted by Crippen LogP contribution is 2.23. The highest BCUT2D eigenvalue weighted by Gasteiger charge is 2.10. The zero-order chi connectivity index (χ0) is 14.8. The number of furan rings is 1. The lowest BCUT2D eigenvalue weighted by atomic mass is 10.1. The van der Waals surface area contributed by atoms with E-state index >= 15 is 0 Å². The van der Waals surface area contributed by atoms with Crippen molar-refractivity contribution in [2.24, 2.45) is 0 Å². The number of halogens is 1. The molecule has 0 radical (unpaired) electrons. The van der Waals surface area contributed by atoms with Gasteiger partial charge < -0.3 is 9.73 Å². The maximum atomic E-state index is 12.1. The van der Waals surface area contributed by atoms with Crippen molar-refractivity contribution in [2.75, 3.05) is 5.32 Å². The number of hydrogen-bond donors (Lipinski definition) is 1. The average molecular weight is 344 g/mol. The smallest absolute Gasteiger partial charge is 0.228 e. The Morgan fingerprint density at radius 3 is 2.90 bits per heavy atom. The molecule has 3 nitrogen and oxygen atoms in total. The standard InChI is InChI=1S/C17H14BrNO2/c1-11-5-6-15-12(10-21-16(15)7-11)8-17(20)19-14-4-2-3-13(18)9-14/h2-7,9-10H,8H2,1H3,(H,19,20). The fourth-order valence-electron chi connectivity index (χ4n) is 2.27. The number of carbonyl (C=O) groups is 1. The number of carbonyl (C=O) groups excluding carboxylic acids is 1. The van der Waals surface area contributed by atoms with Gasteiger partial charge in [-0.15, -0.1) is 0 Å². The normalized spacial score (nSPS) is 10.8. The molecule has 0 spiro atoms. The quantitative estimate of drug-likeness (QED) is 0.749. The zero-order valence-corrected chi connectivity index (χ0v) is 13.1. The van der Waals surface area contributed by atoms with Gasteiger partial charge in [0.2, 0.25) is 5.91 Å². The molecule has 0 bridgehead atoms. The van der Waals surface area contributed by atoms with Crippen LogP contribution in [0.4, 0.5) is 5.69 Å². The highest BCUT2D eigenvalue weighted by molar-refractivity contribution is 9.10. The Kier molecular flexibility index (Phi) is 3.80. The Bertz CT molecular complexity index is 807. The van der Waals surface area contributed by atoms with Crippen LogP contribution in [0.2, 0.25) is 0 Å². The summed E-state index contributed by atoms with van der Waals surface area (Å²) in [7, 11) is 0. The van der Waals surface area contributed by atoms with Crippen LogP contribution in [0, 0.1) is 6.92 Å². The van der Waals surface area contributed by atoms with E-state index in [2.05, 4.69) is 21.2 Å². The highest BCUT2D eigenvalue weighted by atomic mass is 79.9. The summed E-state index contributed by atoms with van der Waals surface area (Å²) in [6.07, 6.45) is 1.95. The second-order valence-electron chi connectivity index (χ2n) is 5.00. The van der Waals surface area contributed by atoms with Crippen molar-refractivity contribution in [3.63, 3.8) is 0 Å². The summed E-state index contributed by atoms with van der Waals surface area (Å²) in [5.41, 5.74) is 3.64. The summed E-state index contributed by atoms with van der Waals surface area (Å²) >= 11 is 3.39. The fraction of sp³-hybridized carbons (Fsp3) is 0.118. The van der Waals surface area contributed by atoms with E-state index in [1.165, 1.54) is 0 Å². The van der Waals surface area contributed by atoms with E-state index in [9.17, 15) is 4.79 Å². The maximum Gasteiger partial charge on any atom is 0.228 e. The van der Waals surface area contributed by atoms with Crippen molar-refractivity contribution in [1.82, 2.24) is 0 Å². The van der Waals surface area contributed by atoms with Crippen LogP contribution < -0.4 is 5.32 Å². The number of hydrogen-bond acceptors (Lipinski definition) is 2. The minimum atomic E-state index is -0.0589. The third-order valence-electron chi connectivity index (χ3n) is 3.27. The van der Waals surface area contributed by atoms with E-state index in [-0.39, 0.29) is 5.91 Å². The van der Waals surface area contributed by atoms with E-state index in [1.54, 1.807) is 6.26 Å². The molecule has 21 heavy (non-hydrogen) atoms. The number of aryl methyl sites for hydroxylation is 1. The molecule has 0 aliphatic heterocycles. The van der Waals surface area contributed by atoms with Crippen molar-refractivity contribution >= 4 is 38.5 Å². The third-order valence-corrected chi connectivity index (χ3v) is 3.76. The minimum Gasteiger partial charge on any atom is -0.464 e. The first-order valence-electron chi connectivity index (χ1n) is 6.64. The summed E-state index contributed by atoms with van der Waals surface area (Å²) in [6.45, 7) is 2.02. The lowest BCUT2D eigenvalue weighted by Gasteiger charge is -2.04. The van der Waals surface area contributed by atoms with Gasteiger partial charge in [0.1, 0.15) is 5.58 Å². The predicted molar refractivity (Wildman–Crippen MR) is 87.4 cm³/mol. The minimum absolute atomic E-state index is 0.0589. The Labute approximate surface area is 131 Å². The molecule has 0 unspecified atom stereocenters. The largest absolute Gasteiger partial charge is 0.464 e. The Morgan fingerprint density at radius 2 is 2.10 bits per heavy atom. The molecule has 0 fully saturated rings. The van der Waals surface area contributed by atoms with Crippen LogP contribution in [-0.4, -0.2) is 5.91 Å². The van der Waals surface area contributed by atoms with E-state index in [0.717, 1.165) is 32.3 Å². The van der Waals surface area contributed by atoms with Crippen LogP contribution in [0.5, 0.6) is 0 Å². The zero-order valence-electron chi connectivity index (χ0n) is 11.5. The molecule has 4 heteroatoms. The summed E-state index contributed by atoms with van der Waals surface area (Å²) in [5, 5.41) is 3.88. The molecule has 0 saturated heterocycles. The number of anilines is 1. The SMILES string of the molecule is Cc1ccc2c(CC(=O)Nc3cccc(Br)c3)coc2c1. The molecule has 1 aromatic heterocycles. The molecular formula is C17H14BrNO2. The summed E-state index contributed by atoms with van der Waals surface area (Å²) in [5.74, 6) is -0.0589. The van der Waals surface area contributed by atoms with Gasteiger partial charge in [0.05, 0.1) is 12.7 Å². The molecule has 1 N–H and O–H groups in total. The Morgan fingerprint density at radius 1 is 1.24 bits per heavy atom. The molecule has 1 amide bonds. The van der Waals surface area contributed by atoms with Crippen LogP contribution >= 0.6 is 15.9 Å². The lowest BCUT2D eigenvalue weighted by Crippen LogP contribution is -2.14. The molecule has 2 aromatic carbocycles. The Hall–Kier alpha value is -2.07. The summed E-state index contributed by atoms with van der Waals surface area (Å²) < 4.78 is 6.45. The molecule has 1 heterocycles. The first-order chi connectivity index (χ1) is 10.1. The monoisotopic (exact) mass is 343 g/mol. The molecular weight excluding hydrogens is 330 g/mol. The number of amides is 1. The van der Waals surface area contributed by atoms with E-state index in [0.29, 0.717) is 6.42 Å². The third kappa shape index (κ3) is 3.16. The number of fused-ring (bicyclic) bond motifs is 1. The van der Waals surface area contributed by atoms with Crippen LogP contribution in [0.3, 0.4) is 0 Å².